The number of hydrogen-bond donors (Lipinski definition) is 4. The Bertz CT molecular complexity index is 957. The summed E-state index contributed by atoms with van der Waals surface area (Å²) in [5, 5.41) is 9.84. The van der Waals surface area contributed by atoms with E-state index in [0.717, 1.165) is 77.1 Å². The maximum absolute atomic E-state index is 11.4. The van der Waals surface area contributed by atoms with Crippen molar-refractivity contribution in [3.8, 4) is 0 Å². The number of nitrogens with zero attached hydrogens (tertiary/aromatic N) is 5. The van der Waals surface area contributed by atoms with Crippen LogP contribution >= 0.6 is 0 Å². The summed E-state index contributed by atoms with van der Waals surface area (Å²) in [6.45, 7) is 16.4. The third-order valence-corrected chi connectivity index (χ3v) is 6.34. The van der Waals surface area contributed by atoms with Gasteiger partial charge in [0.2, 0.25) is 27.9 Å². The van der Waals surface area contributed by atoms with Crippen LogP contribution in [0.25, 0.3) is 0 Å². The Morgan fingerprint density at radius 3 is 1.53 bits per heavy atom. The Labute approximate surface area is 216 Å². The van der Waals surface area contributed by atoms with Crippen molar-refractivity contribution in [3.05, 3.63) is 24.3 Å². The Hall–Kier alpha value is -2.70. The molecular weight excluding hydrogens is 478 g/mol. The summed E-state index contributed by atoms with van der Waals surface area (Å²) < 4.78 is 25.3. The minimum atomic E-state index is -3.33. The first-order valence-corrected chi connectivity index (χ1v) is 14.7. The number of benzene rings is 1. The van der Waals surface area contributed by atoms with Crippen molar-refractivity contribution >= 4 is 39.2 Å². The number of rotatable bonds is 18. The summed E-state index contributed by atoms with van der Waals surface area (Å²) in [6, 6.07) is 6.91. The van der Waals surface area contributed by atoms with Gasteiger partial charge in [-0.05, 0) is 76.4 Å². The average molecular weight is 522 g/mol. The third-order valence-electron chi connectivity index (χ3n) is 5.74. The van der Waals surface area contributed by atoms with Crippen LogP contribution in [0.15, 0.2) is 24.3 Å². The van der Waals surface area contributed by atoms with Crippen LogP contribution < -0.4 is 20.7 Å². The molecule has 12 heteroatoms. The van der Waals surface area contributed by atoms with Gasteiger partial charge < -0.3 is 25.8 Å². The first-order valence-electron chi connectivity index (χ1n) is 12.8. The predicted molar refractivity (Wildman–Crippen MR) is 150 cm³/mol. The molecule has 0 amide bonds. The van der Waals surface area contributed by atoms with Gasteiger partial charge >= 0.3 is 0 Å². The van der Waals surface area contributed by atoms with E-state index in [1.165, 1.54) is 0 Å². The molecule has 1 aromatic heterocycles. The van der Waals surface area contributed by atoms with E-state index in [4.69, 9.17) is 0 Å². The van der Waals surface area contributed by atoms with Crippen LogP contribution in [-0.4, -0.2) is 91.8 Å². The molecule has 0 saturated heterocycles. The molecular formula is C24H43N9O2S. The van der Waals surface area contributed by atoms with Crippen molar-refractivity contribution in [1.29, 1.82) is 0 Å². The first kappa shape index (κ1) is 29.5. The number of sulfonamides is 1. The topological polar surface area (TPSA) is 127 Å². The van der Waals surface area contributed by atoms with E-state index in [2.05, 4.69) is 73.1 Å². The molecule has 0 aliphatic heterocycles. The lowest BCUT2D eigenvalue weighted by Gasteiger charge is -2.18. The Morgan fingerprint density at radius 2 is 1.11 bits per heavy atom. The molecule has 0 bridgehead atoms. The molecule has 0 saturated carbocycles. The molecule has 0 fully saturated rings. The summed E-state index contributed by atoms with van der Waals surface area (Å²) in [5.74, 6) is 1.42. The van der Waals surface area contributed by atoms with E-state index in [-0.39, 0.29) is 0 Å². The molecule has 0 atom stereocenters. The molecule has 4 N–H and O–H groups in total. The summed E-state index contributed by atoms with van der Waals surface area (Å²) in [7, 11) is -3.33. The lowest BCUT2D eigenvalue weighted by Crippen LogP contribution is -2.26. The van der Waals surface area contributed by atoms with E-state index < -0.39 is 10.0 Å². The van der Waals surface area contributed by atoms with Crippen LogP contribution in [0, 0.1) is 0 Å². The van der Waals surface area contributed by atoms with Crippen LogP contribution in [0.2, 0.25) is 0 Å². The number of nitrogens with one attached hydrogen (secondary N) is 4. The van der Waals surface area contributed by atoms with Crippen LogP contribution in [0.3, 0.4) is 0 Å². The van der Waals surface area contributed by atoms with Gasteiger partial charge in [0.1, 0.15) is 0 Å². The van der Waals surface area contributed by atoms with Gasteiger partial charge in [-0.1, -0.05) is 27.7 Å². The maximum atomic E-state index is 11.4. The lowest BCUT2D eigenvalue weighted by atomic mass is 10.3. The number of aromatic nitrogens is 3. The maximum Gasteiger partial charge on any atom is 0.233 e. The molecule has 11 nitrogen and oxygen atoms in total. The third kappa shape index (κ3) is 11.4. The van der Waals surface area contributed by atoms with E-state index in [1.54, 1.807) is 24.3 Å². The highest BCUT2D eigenvalue weighted by molar-refractivity contribution is 7.92. The van der Waals surface area contributed by atoms with Crippen LogP contribution in [0.1, 0.15) is 40.5 Å². The van der Waals surface area contributed by atoms with Crippen molar-refractivity contribution in [1.82, 2.24) is 24.8 Å². The van der Waals surface area contributed by atoms with E-state index in [1.807, 2.05) is 0 Å². The van der Waals surface area contributed by atoms with Crippen molar-refractivity contribution in [2.75, 3.05) is 79.3 Å². The normalized spacial score (nSPS) is 11.6. The first-order chi connectivity index (χ1) is 17.3. The molecule has 0 aliphatic carbocycles. The molecule has 0 aliphatic rings. The molecule has 2 rings (SSSR count). The van der Waals surface area contributed by atoms with E-state index in [9.17, 15) is 8.42 Å². The summed E-state index contributed by atoms with van der Waals surface area (Å²) >= 11 is 0. The van der Waals surface area contributed by atoms with Crippen molar-refractivity contribution in [2.45, 2.75) is 40.5 Å². The summed E-state index contributed by atoms with van der Waals surface area (Å²) in [6.07, 6.45) is 3.09. The van der Waals surface area contributed by atoms with Crippen LogP contribution in [-0.2, 0) is 10.0 Å². The van der Waals surface area contributed by atoms with Gasteiger partial charge in [-0.25, -0.2) is 8.42 Å². The van der Waals surface area contributed by atoms with Gasteiger partial charge in [0.05, 0.1) is 6.26 Å². The second kappa shape index (κ2) is 15.4. The highest BCUT2D eigenvalue weighted by atomic mass is 32.2. The molecule has 202 valence electrons. The quantitative estimate of drug-likeness (QED) is 0.217. The Balaban J connectivity index is 2.07. The molecule has 2 aromatic rings. The zero-order valence-electron chi connectivity index (χ0n) is 22.3. The van der Waals surface area contributed by atoms with Gasteiger partial charge in [0, 0.05) is 24.5 Å². The minimum Gasteiger partial charge on any atom is -0.354 e. The minimum absolute atomic E-state index is 0.409. The van der Waals surface area contributed by atoms with Gasteiger partial charge in [-0.15, -0.1) is 0 Å². The van der Waals surface area contributed by atoms with Gasteiger partial charge in [0.25, 0.3) is 0 Å². The Morgan fingerprint density at radius 1 is 0.694 bits per heavy atom. The molecule has 1 aromatic carbocycles. The predicted octanol–water partition coefficient (Wildman–Crippen LogP) is 3.27. The second-order valence-electron chi connectivity index (χ2n) is 8.50. The summed E-state index contributed by atoms with van der Waals surface area (Å²) in [5.41, 5.74) is 1.23. The fourth-order valence-corrected chi connectivity index (χ4v) is 4.20. The monoisotopic (exact) mass is 521 g/mol. The van der Waals surface area contributed by atoms with Crippen molar-refractivity contribution in [3.63, 3.8) is 0 Å². The van der Waals surface area contributed by atoms with Crippen molar-refractivity contribution in [2.24, 2.45) is 0 Å². The number of anilines is 5. The molecule has 36 heavy (non-hydrogen) atoms. The smallest absolute Gasteiger partial charge is 0.233 e. The zero-order valence-corrected chi connectivity index (χ0v) is 23.2. The average Bonchev–Trinajstić information content (AvgIpc) is 2.84. The van der Waals surface area contributed by atoms with Crippen LogP contribution in [0.4, 0.5) is 29.2 Å². The van der Waals surface area contributed by atoms with Gasteiger partial charge in [0.15, 0.2) is 0 Å². The Kier molecular flexibility index (Phi) is 12.6. The van der Waals surface area contributed by atoms with Crippen molar-refractivity contribution < 1.29 is 8.42 Å². The molecule has 0 unspecified atom stereocenters. The zero-order chi connectivity index (χ0) is 26.4. The molecule has 1 heterocycles. The summed E-state index contributed by atoms with van der Waals surface area (Å²) in [4.78, 5) is 18.4. The number of hydrogen-bond acceptors (Lipinski definition) is 10. The van der Waals surface area contributed by atoms with E-state index >= 15 is 0 Å². The molecule has 0 radical (unpaired) electrons. The lowest BCUT2D eigenvalue weighted by molar-refractivity contribution is 0.303. The van der Waals surface area contributed by atoms with Gasteiger partial charge in [-0.2, -0.15) is 15.0 Å². The van der Waals surface area contributed by atoms with Crippen LogP contribution in [0.5, 0.6) is 0 Å². The SMILES string of the molecule is CCN(CC)CCCNc1nc(NCCCN(CC)CC)nc(Nc2ccc(NS(C)(=O)=O)cc2)n1. The standard InChI is InChI=1S/C24H43N9O2S/c1-6-32(7-2)18-10-16-25-22-28-23(26-17-11-19-33(8-3)9-4)30-24(29-22)27-20-12-14-21(15-13-20)31-36(5,34)35/h12-15,31H,6-11,16-19H2,1-5H3,(H3,25,26,27,28,29,30). The largest absolute Gasteiger partial charge is 0.354 e. The van der Waals surface area contributed by atoms with Gasteiger partial charge in [-0.3, -0.25) is 4.72 Å². The second-order valence-corrected chi connectivity index (χ2v) is 10.2. The molecule has 0 spiro atoms. The highest BCUT2D eigenvalue weighted by Crippen LogP contribution is 2.19. The fourth-order valence-electron chi connectivity index (χ4n) is 3.64. The fraction of sp³-hybridized carbons (Fsp3) is 0.625. The highest BCUT2D eigenvalue weighted by Gasteiger charge is 2.09. The van der Waals surface area contributed by atoms with E-state index in [0.29, 0.717) is 23.5 Å².